The van der Waals surface area contributed by atoms with Crippen molar-refractivity contribution in [3.05, 3.63) is 54.4 Å². The second-order valence-corrected chi connectivity index (χ2v) is 11.0. The number of likely N-dealkylation sites (tertiary alicyclic amines) is 1. The molecule has 30 heavy (non-hydrogen) atoms. The molecule has 1 spiro atoms. The highest BCUT2D eigenvalue weighted by Crippen LogP contribution is 2.39. The molecule has 0 saturated carbocycles. The van der Waals surface area contributed by atoms with Gasteiger partial charge in [0.1, 0.15) is 10.6 Å². The lowest BCUT2D eigenvalue weighted by Gasteiger charge is -2.45. The Balaban J connectivity index is 1.56. The Hall–Kier alpha value is -1.96. The van der Waals surface area contributed by atoms with Gasteiger partial charge in [0.2, 0.25) is 10.0 Å². The Morgan fingerprint density at radius 1 is 1.13 bits per heavy atom. The summed E-state index contributed by atoms with van der Waals surface area (Å²) in [4.78, 5) is 6.92. The third-order valence-corrected chi connectivity index (χ3v) is 7.98. The van der Waals surface area contributed by atoms with Crippen LogP contribution in [0.1, 0.15) is 32.3 Å². The molecule has 0 atom stereocenters. The van der Waals surface area contributed by atoms with Crippen molar-refractivity contribution in [3.63, 3.8) is 0 Å². The van der Waals surface area contributed by atoms with E-state index in [1.165, 1.54) is 5.56 Å². The number of aromatic nitrogens is 1. The largest absolute Gasteiger partial charge is 0.492 e. The maximum atomic E-state index is 13.5. The third kappa shape index (κ3) is 4.53. The lowest BCUT2D eigenvalue weighted by atomic mass is 9.78. The molecule has 3 heterocycles. The summed E-state index contributed by atoms with van der Waals surface area (Å²) in [7, 11) is -3.59. The van der Waals surface area contributed by atoms with Gasteiger partial charge in [0.05, 0.1) is 6.61 Å². The van der Waals surface area contributed by atoms with Gasteiger partial charge in [-0.3, -0.25) is 9.88 Å². The molecule has 0 amide bonds. The Labute approximate surface area is 179 Å². The number of pyridine rings is 1. The molecule has 7 heteroatoms. The minimum atomic E-state index is -3.59. The standard InChI is InChI=1S/C23H31N3O3S/c1-19(2)15-26-17-23(18-29-21-7-3-4-8-22(21)30(26,27)28)9-12-25(13-10-23)16-20-6-5-11-24-14-20/h3-8,11,14,19H,9-10,12-13,15-18H2,1-2H3. The van der Waals surface area contributed by atoms with Crippen molar-refractivity contribution in [2.75, 3.05) is 32.8 Å². The number of piperidine rings is 1. The summed E-state index contributed by atoms with van der Waals surface area (Å²) in [6, 6.07) is 11.1. The molecular formula is C23H31N3O3S. The first-order chi connectivity index (χ1) is 14.4. The predicted octanol–water partition coefficient (Wildman–Crippen LogP) is 3.40. The van der Waals surface area contributed by atoms with Gasteiger partial charge in [-0.05, 0) is 55.6 Å². The Morgan fingerprint density at radius 2 is 1.90 bits per heavy atom. The van der Waals surface area contributed by atoms with Crippen molar-refractivity contribution >= 4 is 10.0 Å². The first-order valence-electron chi connectivity index (χ1n) is 10.7. The number of benzene rings is 1. The summed E-state index contributed by atoms with van der Waals surface area (Å²) < 4.78 is 34.8. The van der Waals surface area contributed by atoms with Gasteiger partial charge in [-0.15, -0.1) is 0 Å². The molecule has 2 aliphatic rings. The fraction of sp³-hybridized carbons (Fsp3) is 0.522. The summed E-state index contributed by atoms with van der Waals surface area (Å²) in [5, 5.41) is 0. The van der Waals surface area contributed by atoms with Crippen LogP contribution in [-0.4, -0.2) is 55.4 Å². The summed E-state index contributed by atoms with van der Waals surface area (Å²) in [6.07, 6.45) is 5.54. The van der Waals surface area contributed by atoms with Crippen LogP contribution in [0.15, 0.2) is 53.7 Å². The highest BCUT2D eigenvalue weighted by atomic mass is 32.2. The SMILES string of the molecule is CC(C)CN1CC2(CCN(Cc3cccnc3)CC2)COc2ccccc2S1(=O)=O. The molecule has 0 radical (unpaired) electrons. The van der Waals surface area contributed by atoms with Gasteiger partial charge in [-0.1, -0.05) is 32.0 Å². The fourth-order valence-electron chi connectivity index (χ4n) is 4.46. The van der Waals surface area contributed by atoms with Gasteiger partial charge in [0.15, 0.2) is 0 Å². The molecule has 0 N–H and O–H groups in total. The third-order valence-electron chi connectivity index (χ3n) is 6.13. The fourth-order valence-corrected chi connectivity index (χ4v) is 6.31. The zero-order valence-corrected chi connectivity index (χ0v) is 18.6. The van der Waals surface area contributed by atoms with Crippen LogP contribution in [0.3, 0.4) is 0 Å². The zero-order chi connectivity index (χ0) is 21.2. The van der Waals surface area contributed by atoms with E-state index in [1.807, 2.05) is 18.3 Å². The van der Waals surface area contributed by atoms with Crippen LogP contribution in [0.5, 0.6) is 5.75 Å². The van der Waals surface area contributed by atoms with Gasteiger partial charge in [0, 0.05) is 37.4 Å². The van der Waals surface area contributed by atoms with E-state index in [1.54, 1.807) is 28.7 Å². The van der Waals surface area contributed by atoms with Crippen molar-refractivity contribution in [2.24, 2.45) is 11.3 Å². The molecule has 1 aromatic carbocycles. The first kappa shape index (κ1) is 21.3. The predicted molar refractivity (Wildman–Crippen MR) is 117 cm³/mol. The number of hydrogen-bond donors (Lipinski definition) is 0. The van der Waals surface area contributed by atoms with E-state index in [2.05, 4.69) is 29.8 Å². The number of nitrogens with zero attached hydrogens (tertiary/aromatic N) is 3. The lowest BCUT2D eigenvalue weighted by molar-refractivity contribution is 0.0310. The molecule has 0 aliphatic carbocycles. The molecule has 1 fully saturated rings. The normalized spacial score (nSPS) is 21.6. The second kappa shape index (κ2) is 8.65. The van der Waals surface area contributed by atoms with Crippen LogP contribution in [0.25, 0.3) is 0 Å². The van der Waals surface area contributed by atoms with Crippen LogP contribution < -0.4 is 4.74 Å². The Kier molecular flexibility index (Phi) is 6.14. The molecule has 162 valence electrons. The Bertz CT molecular complexity index is 955. The quantitative estimate of drug-likeness (QED) is 0.745. The van der Waals surface area contributed by atoms with Crippen LogP contribution in [0.4, 0.5) is 0 Å². The van der Waals surface area contributed by atoms with Gasteiger partial charge in [-0.25, -0.2) is 8.42 Å². The van der Waals surface area contributed by atoms with Crippen molar-refractivity contribution in [2.45, 2.75) is 38.1 Å². The molecule has 0 unspecified atom stereocenters. The number of rotatable bonds is 4. The maximum Gasteiger partial charge on any atom is 0.246 e. The molecule has 1 aromatic heterocycles. The molecule has 2 aliphatic heterocycles. The molecule has 2 aromatic rings. The molecule has 6 nitrogen and oxygen atoms in total. The van der Waals surface area contributed by atoms with Crippen LogP contribution >= 0.6 is 0 Å². The summed E-state index contributed by atoms with van der Waals surface area (Å²) in [5.74, 6) is 0.734. The molecule has 0 bridgehead atoms. The summed E-state index contributed by atoms with van der Waals surface area (Å²) >= 11 is 0. The van der Waals surface area contributed by atoms with Gasteiger partial charge in [-0.2, -0.15) is 4.31 Å². The number of fused-ring (bicyclic) bond motifs is 1. The van der Waals surface area contributed by atoms with Crippen LogP contribution in [0.2, 0.25) is 0 Å². The number of hydrogen-bond acceptors (Lipinski definition) is 5. The van der Waals surface area contributed by atoms with E-state index in [-0.39, 0.29) is 16.2 Å². The van der Waals surface area contributed by atoms with E-state index in [4.69, 9.17) is 4.74 Å². The van der Waals surface area contributed by atoms with E-state index in [0.29, 0.717) is 25.4 Å². The average Bonchev–Trinajstić information content (AvgIpc) is 2.73. The van der Waals surface area contributed by atoms with Gasteiger partial charge in [0.25, 0.3) is 0 Å². The number of para-hydroxylation sites is 1. The average molecular weight is 430 g/mol. The van der Waals surface area contributed by atoms with Gasteiger partial charge < -0.3 is 4.74 Å². The monoisotopic (exact) mass is 429 g/mol. The highest BCUT2D eigenvalue weighted by Gasteiger charge is 2.42. The van der Waals surface area contributed by atoms with Crippen molar-refractivity contribution in [3.8, 4) is 5.75 Å². The van der Waals surface area contributed by atoms with Gasteiger partial charge >= 0.3 is 0 Å². The molecule has 1 saturated heterocycles. The van der Waals surface area contributed by atoms with Crippen molar-refractivity contribution < 1.29 is 13.2 Å². The summed E-state index contributed by atoms with van der Waals surface area (Å²) in [6.45, 7) is 8.46. The van der Waals surface area contributed by atoms with Crippen LogP contribution in [-0.2, 0) is 16.6 Å². The van der Waals surface area contributed by atoms with Crippen molar-refractivity contribution in [1.29, 1.82) is 0 Å². The summed E-state index contributed by atoms with van der Waals surface area (Å²) in [5.41, 5.74) is 1.04. The smallest absolute Gasteiger partial charge is 0.246 e. The zero-order valence-electron chi connectivity index (χ0n) is 17.8. The van der Waals surface area contributed by atoms with Crippen LogP contribution in [0, 0.1) is 11.3 Å². The second-order valence-electron chi connectivity index (χ2n) is 9.06. The minimum absolute atomic E-state index is 0.166. The van der Waals surface area contributed by atoms with E-state index >= 15 is 0 Å². The highest BCUT2D eigenvalue weighted by molar-refractivity contribution is 7.89. The van der Waals surface area contributed by atoms with E-state index in [9.17, 15) is 8.42 Å². The number of sulfonamides is 1. The first-order valence-corrected chi connectivity index (χ1v) is 12.2. The molecular weight excluding hydrogens is 398 g/mol. The lowest BCUT2D eigenvalue weighted by Crippen LogP contribution is -2.52. The maximum absolute atomic E-state index is 13.5. The van der Waals surface area contributed by atoms with E-state index < -0.39 is 10.0 Å². The Morgan fingerprint density at radius 3 is 2.60 bits per heavy atom. The molecule has 4 rings (SSSR count). The van der Waals surface area contributed by atoms with E-state index in [0.717, 1.165) is 32.5 Å². The number of ether oxygens (including phenoxy) is 1. The topological polar surface area (TPSA) is 62.7 Å². The minimum Gasteiger partial charge on any atom is -0.492 e. The van der Waals surface area contributed by atoms with Crippen molar-refractivity contribution in [1.82, 2.24) is 14.2 Å².